The fourth-order valence-electron chi connectivity index (χ4n) is 2.23. The molecule has 0 amide bonds. The first-order valence-electron chi connectivity index (χ1n) is 6.39. The fourth-order valence-corrected chi connectivity index (χ4v) is 2.48. The zero-order valence-electron chi connectivity index (χ0n) is 11.1. The van der Waals surface area contributed by atoms with Crippen molar-refractivity contribution >= 4 is 35.6 Å². The zero-order valence-corrected chi connectivity index (χ0v) is 13.4. The lowest BCUT2D eigenvalue weighted by atomic mass is 9.89. The molecule has 0 aliphatic heterocycles. The Morgan fingerprint density at radius 2 is 1.35 bits per heavy atom. The Balaban J connectivity index is 0.00000200. The van der Waals surface area contributed by atoms with Crippen molar-refractivity contribution in [1.29, 1.82) is 0 Å². The van der Waals surface area contributed by atoms with Crippen molar-refractivity contribution in [3.8, 4) is 0 Å². The van der Waals surface area contributed by atoms with Gasteiger partial charge in [-0.15, -0.1) is 12.4 Å². The third kappa shape index (κ3) is 4.99. The molecular formula is C16H18Cl3N. The van der Waals surface area contributed by atoms with Crippen molar-refractivity contribution in [2.45, 2.75) is 18.8 Å². The summed E-state index contributed by atoms with van der Waals surface area (Å²) in [6, 6.07) is 16.0. The van der Waals surface area contributed by atoms with Gasteiger partial charge in [0.25, 0.3) is 0 Å². The Morgan fingerprint density at radius 3 is 1.85 bits per heavy atom. The highest BCUT2D eigenvalue weighted by Gasteiger charge is 2.11. The molecule has 1 nitrogen and oxygen atoms in total. The quantitative estimate of drug-likeness (QED) is 0.812. The van der Waals surface area contributed by atoms with Crippen LogP contribution < -0.4 is 5.73 Å². The molecule has 2 aromatic rings. The Morgan fingerprint density at radius 1 is 0.850 bits per heavy atom. The first kappa shape index (κ1) is 17.3. The molecule has 0 aromatic heterocycles. The summed E-state index contributed by atoms with van der Waals surface area (Å²) in [4.78, 5) is 0. The van der Waals surface area contributed by atoms with Crippen LogP contribution in [0, 0.1) is 0 Å². The van der Waals surface area contributed by atoms with E-state index in [-0.39, 0.29) is 12.4 Å². The predicted octanol–water partition coefficient (Wildman–Crippen LogP) is 5.09. The third-order valence-electron chi connectivity index (χ3n) is 3.25. The largest absolute Gasteiger partial charge is 0.330 e. The third-order valence-corrected chi connectivity index (χ3v) is 3.76. The summed E-state index contributed by atoms with van der Waals surface area (Å²) < 4.78 is 0. The molecule has 0 heterocycles. The molecule has 0 saturated heterocycles. The summed E-state index contributed by atoms with van der Waals surface area (Å²) in [5.74, 6) is 0.420. The fraction of sp³-hybridized carbons (Fsp3) is 0.250. The first-order valence-corrected chi connectivity index (χ1v) is 7.14. The van der Waals surface area contributed by atoms with Gasteiger partial charge in [-0.1, -0.05) is 47.5 Å². The molecule has 0 saturated carbocycles. The van der Waals surface area contributed by atoms with E-state index in [0.717, 1.165) is 22.9 Å². The second-order valence-electron chi connectivity index (χ2n) is 4.66. The van der Waals surface area contributed by atoms with E-state index in [1.807, 2.05) is 24.3 Å². The maximum atomic E-state index is 5.93. The highest BCUT2D eigenvalue weighted by atomic mass is 35.5. The van der Waals surface area contributed by atoms with Crippen molar-refractivity contribution < 1.29 is 0 Å². The van der Waals surface area contributed by atoms with E-state index in [2.05, 4.69) is 24.3 Å². The summed E-state index contributed by atoms with van der Waals surface area (Å²) in [7, 11) is 0. The summed E-state index contributed by atoms with van der Waals surface area (Å²) in [5.41, 5.74) is 8.29. The normalized spacial score (nSPS) is 11.8. The van der Waals surface area contributed by atoms with Crippen LogP contribution in [0.15, 0.2) is 48.5 Å². The molecule has 1 atom stereocenters. The van der Waals surface area contributed by atoms with Crippen LogP contribution in [-0.4, -0.2) is 6.54 Å². The van der Waals surface area contributed by atoms with Crippen molar-refractivity contribution in [1.82, 2.24) is 0 Å². The van der Waals surface area contributed by atoms with Crippen LogP contribution in [0.5, 0.6) is 0 Å². The molecule has 0 spiro atoms. The van der Waals surface area contributed by atoms with E-state index in [1.165, 1.54) is 11.1 Å². The standard InChI is InChI=1S/C16H17Cl2N.ClH/c17-15-5-1-12(2-6-15)11-14(9-10-19)13-3-7-16(18)8-4-13;/h1-8,14H,9-11,19H2;1H. The average molecular weight is 331 g/mol. The van der Waals surface area contributed by atoms with Crippen LogP contribution in [0.3, 0.4) is 0 Å². The minimum atomic E-state index is 0. The summed E-state index contributed by atoms with van der Waals surface area (Å²) in [5, 5.41) is 1.53. The minimum Gasteiger partial charge on any atom is -0.330 e. The number of hydrogen-bond donors (Lipinski definition) is 1. The van der Waals surface area contributed by atoms with Crippen LogP contribution in [-0.2, 0) is 6.42 Å². The van der Waals surface area contributed by atoms with E-state index in [9.17, 15) is 0 Å². The molecule has 0 aliphatic carbocycles. The van der Waals surface area contributed by atoms with Gasteiger partial charge in [0.1, 0.15) is 0 Å². The maximum Gasteiger partial charge on any atom is 0.0406 e. The lowest BCUT2D eigenvalue weighted by molar-refractivity contribution is 0.630. The van der Waals surface area contributed by atoms with E-state index >= 15 is 0 Å². The van der Waals surface area contributed by atoms with Gasteiger partial charge in [0.15, 0.2) is 0 Å². The molecular weight excluding hydrogens is 313 g/mol. The smallest absolute Gasteiger partial charge is 0.0406 e. The number of hydrogen-bond acceptors (Lipinski definition) is 1. The van der Waals surface area contributed by atoms with Crippen LogP contribution >= 0.6 is 35.6 Å². The lowest BCUT2D eigenvalue weighted by Gasteiger charge is -2.17. The van der Waals surface area contributed by atoms with Gasteiger partial charge in [0, 0.05) is 10.0 Å². The summed E-state index contributed by atoms with van der Waals surface area (Å²) in [6.45, 7) is 0.681. The van der Waals surface area contributed by atoms with E-state index in [0.29, 0.717) is 12.5 Å². The Kier molecular flexibility index (Phi) is 7.39. The number of benzene rings is 2. The highest BCUT2D eigenvalue weighted by Crippen LogP contribution is 2.25. The van der Waals surface area contributed by atoms with E-state index in [4.69, 9.17) is 28.9 Å². The average Bonchev–Trinajstić information content (AvgIpc) is 2.42. The molecule has 1 unspecified atom stereocenters. The zero-order chi connectivity index (χ0) is 13.7. The minimum absolute atomic E-state index is 0. The molecule has 0 fully saturated rings. The van der Waals surface area contributed by atoms with Crippen LogP contribution in [0.1, 0.15) is 23.5 Å². The van der Waals surface area contributed by atoms with Crippen LogP contribution in [0.2, 0.25) is 10.0 Å². The van der Waals surface area contributed by atoms with Crippen molar-refractivity contribution in [3.63, 3.8) is 0 Å². The Hall–Kier alpha value is -0.730. The van der Waals surface area contributed by atoms with Gasteiger partial charge >= 0.3 is 0 Å². The molecule has 0 aliphatic rings. The van der Waals surface area contributed by atoms with Crippen LogP contribution in [0.25, 0.3) is 0 Å². The second kappa shape index (κ2) is 8.53. The van der Waals surface area contributed by atoms with Gasteiger partial charge in [0.2, 0.25) is 0 Å². The van der Waals surface area contributed by atoms with Gasteiger partial charge in [-0.3, -0.25) is 0 Å². The van der Waals surface area contributed by atoms with Gasteiger partial charge < -0.3 is 5.73 Å². The SMILES string of the molecule is Cl.NCCC(Cc1ccc(Cl)cc1)c1ccc(Cl)cc1. The van der Waals surface area contributed by atoms with Gasteiger partial charge in [-0.05, 0) is 60.7 Å². The summed E-state index contributed by atoms with van der Waals surface area (Å²) >= 11 is 11.8. The topological polar surface area (TPSA) is 26.0 Å². The second-order valence-corrected chi connectivity index (χ2v) is 5.53. The van der Waals surface area contributed by atoms with Gasteiger partial charge in [-0.25, -0.2) is 0 Å². The van der Waals surface area contributed by atoms with E-state index in [1.54, 1.807) is 0 Å². The van der Waals surface area contributed by atoms with E-state index < -0.39 is 0 Å². The maximum absolute atomic E-state index is 5.93. The van der Waals surface area contributed by atoms with Crippen molar-refractivity contribution in [2.24, 2.45) is 5.73 Å². The predicted molar refractivity (Wildman–Crippen MR) is 90.3 cm³/mol. The molecule has 2 aromatic carbocycles. The lowest BCUT2D eigenvalue weighted by Crippen LogP contribution is -2.10. The molecule has 0 bridgehead atoms. The molecule has 0 radical (unpaired) electrons. The summed E-state index contributed by atoms with van der Waals surface area (Å²) in [6.07, 6.45) is 1.93. The Labute approximate surface area is 136 Å². The molecule has 2 N–H and O–H groups in total. The molecule has 4 heteroatoms. The van der Waals surface area contributed by atoms with Crippen molar-refractivity contribution in [2.75, 3.05) is 6.54 Å². The molecule has 108 valence electrons. The number of rotatable bonds is 5. The van der Waals surface area contributed by atoms with Crippen LogP contribution in [0.4, 0.5) is 0 Å². The number of nitrogens with two attached hydrogens (primary N) is 1. The monoisotopic (exact) mass is 329 g/mol. The highest BCUT2D eigenvalue weighted by molar-refractivity contribution is 6.30. The molecule has 2 rings (SSSR count). The van der Waals surface area contributed by atoms with Gasteiger partial charge in [0.05, 0.1) is 0 Å². The molecule has 20 heavy (non-hydrogen) atoms. The Bertz CT molecular complexity index is 508. The van der Waals surface area contributed by atoms with Gasteiger partial charge in [-0.2, -0.15) is 0 Å². The van der Waals surface area contributed by atoms with Crippen molar-refractivity contribution in [3.05, 3.63) is 69.7 Å². The number of halogens is 3. The first-order chi connectivity index (χ1) is 9.19.